The number of hydrogen-bond acceptors (Lipinski definition) is 4. The quantitative estimate of drug-likeness (QED) is 0.926. The molecule has 0 bridgehead atoms. The van der Waals surface area contributed by atoms with Crippen molar-refractivity contribution in [3.8, 4) is 0 Å². The molecule has 0 saturated heterocycles. The van der Waals surface area contributed by atoms with Crippen molar-refractivity contribution in [3.05, 3.63) is 36.4 Å². The number of hydrogen-bond donors (Lipinski definition) is 1. The van der Waals surface area contributed by atoms with Crippen molar-refractivity contribution in [2.45, 2.75) is 26.9 Å². The maximum absolute atomic E-state index is 4.50. The van der Waals surface area contributed by atoms with Gasteiger partial charge in [-0.1, -0.05) is 0 Å². The molecule has 16 heavy (non-hydrogen) atoms. The van der Waals surface area contributed by atoms with E-state index in [1.165, 1.54) is 19.9 Å². The third-order valence-electron chi connectivity index (χ3n) is 2.24. The van der Waals surface area contributed by atoms with Gasteiger partial charge < -0.3 is 5.32 Å². The van der Waals surface area contributed by atoms with Gasteiger partial charge in [0.25, 0.3) is 0 Å². The maximum Gasteiger partial charge on any atom is 0.0900 e. The van der Waals surface area contributed by atoms with Crippen LogP contribution in [0.15, 0.2) is 15.2 Å². The predicted molar refractivity (Wildman–Crippen MR) is 74.2 cm³/mol. The molecule has 0 fully saturated rings. The van der Waals surface area contributed by atoms with E-state index in [1.807, 2.05) is 0 Å². The molecule has 5 heteroatoms. The van der Waals surface area contributed by atoms with Crippen molar-refractivity contribution in [3.63, 3.8) is 0 Å². The molecule has 86 valence electrons. The normalized spacial score (nSPS) is 10.9. The van der Waals surface area contributed by atoms with Crippen molar-refractivity contribution in [1.29, 1.82) is 0 Å². The summed E-state index contributed by atoms with van der Waals surface area (Å²) in [6.45, 7) is 5.93. The molecule has 0 saturated carbocycles. The minimum Gasteiger partial charge on any atom is -0.307 e. The zero-order chi connectivity index (χ0) is 11.5. The summed E-state index contributed by atoms with van der Waals surface area (Å²) in [5.41, 5.74) is 2.50. The van der Waals surface area contributed by atoms with Crippen LogP contribution in [-0.4, -0.2) is 4.98 Å². The number of aryl methyl sites for hydroxylation is 2. The smallest absolute Gasteiger partial charge is 0.0900 e. The van der Waals surface area contributed by atoms with E-state index in [0.717, 1.165) is 18.1 Å². The van der Waals surface area contributed by atoms with Crippen molar-refractivity contribution in [1.82, 2.24) is 10.3 Å². The predicted octanol–water partition coefficient (Wildman–Crippen LogP) is 3.87. The van der Waals surface area contributed by atoms with Crippen molar-refractivity contribution >= 4 is 38.6 Å². The lowest BCUT2D eigenvalue weighted by molar-refractivity contribution is 0.680. The van der Waals surface area contributed by atoms with Crippen LogP contribution in [0.5, 0.6) is 0 Å². The Morgan fingerprint density at radius 3 is 2.75 bits per heavy atom. The third-order valence-corrected chi connectivity index (χ3v) is 4.72. The maximum atomic E-state index is 4.50. The van der Waals surface area contributed by atoms with Crippen molar-refractivity contribution in [2.24, 2.45) is 0 Å². The van der Waals surface area contributed by atoms with Crippen LogP contribution in [0, 0.1) is 13.8 Å². The van der Waals surface area contributed by atoms with Gasteiger partial charge in [-0.25, -0.2) is 4.98 Å². The second-order valence-corrected chi connectivity index (χ2v) is 7.30. The van der Waals surface area contributed by atoms with Crippen LogP contribution < -0.4 is 5.32 Å². The third kappa shape index (κ3) is 3.13. The molecule has 2 nitrogen and oxygen atoms in total. The highest BCUT2D eigenvalue weighted by Gasteiger charge is 2.04. The molecule has 0 radical (unpaired) electrons. The minimum absolute atomic E-state index is 0.851. The van der Waals surface area contributed by atoms with Gasteiger partial charge >= 0.3 is 0 Å². The molecule has 0 atom stereocenters. The van der Waals surface area contributed by atoms with Crippen molar-refractivity contribution < 1.29 is 0 Å². The van der Waals surface area contributed by atoms with Crippen LogP contribution in [0.25, 0.3) is 0 Å². The zero-order valence-corrected chi connectivity index (χ0v) is 12.4. The second kappa shape index (κ2) is 5.40. The van der Waals surface area contributed by atoms with Crippen LogP contribution in [0.2, 0.25) is 0 Å². The Morgan fingerprint density at radius 2 is 2.19 bits per heavy atom. The van der Waals surface area contributed by atoms with Crippen LogP contribution in [0.1, 0.15) is 21.1 Å². The van der Waals surface area contributed by atoms with Gasteiger partial charge in [0.15, 0.2) is 0 Å². The first-order valence-electron chi connectivity index (χ1n) is 5.01. The summed E-state index contributed by atoms with van der Waals surface area (Å²) in [6.07, 6.45) is 0. The fourth-order valence-corrected chi connectivity index (χ4v) is 3.54. The standard InChI is InChI=1S/C11H13BrN2S2/c1-7-10(14-8(2)16-7)5-13-4-9-3-11(12)15-6-9/h3,6,13H,4-5H2,1-2H3. The van der Waals surface area contributed by atoms with Crippen molar-refractivity contribution in [2.75, 3.05) is 0 Å². The van der Waals surface area contributed by atoms with E-state index in [0.29, 0.717) is 0 Å². The van der Waals surface area contributed by atoms with E-state index in [-0.39, 0.29) is 0 Å². The highest BCUT2D eigenvalue weighted by Crippen LogP contribution is 2.21. The van der Waals surface area contributed by atoms with E-state index in [1.54, 1.807) is 22.7 Å². The van der Waals surface area contributed by atoms with Gasteiger partial charge in [-0.3, -0.25) is 0 Å². The lowest BCUT2D eigenvalue weighted by atomic mass is 10.3. The lowest BCUT2D eigenvalue weighted by Gasteiger charge is -2.01. The Labute approximate surface area is 112 Å². The van der Waals surface area contributed by atoms with E-state index in [4.69, 9.17) is 0 Å². The number of halogens is 1. The van der Waals surface area contributed by atoms with Gasteiger partial charge in [-0.15, -0.1) is 22.7 Å². The largest absolute Gasteiger partial charge is 0.307 e. The van der Waals surface area contributed by atoms with Crippen LogP contribution >= 0.6 is 38.6 Å². The molecule has 0 spiro atoms. The molecular formula is C11H13BrN2S2. The van der Waals surface area contributed by atoms with Gasteiger partial charge in [0.1, 0.15) is 0 Å². The molecule has 0 aliphatic rings. The number of rotatable bonds is 4. The second-order valence-electron chi connectivity index (χ2n) is 3.60. The average molecular weight is 317 g/mol. The highest BCUT2D eigenvalue weighted by atomic mass is 79.9. The summed E-state index contributed by atoms with van der Waals surface area (Å²) >= 11 is 6.95. The van der Waals surface area contributed by atoms with Gasteiger partial charge in [0.05, 0.1) is 14.5 Å². The molecule has 2 aromatic rings. The van der Waals surface area contributed by atoms with E-state index in [2.05, 4.69) is 51.5 Å². The summed E-state index contributed by atoms with van der Waals surface area (Å²) in [4.78, 5) is 5.81. The number of aromatic nitrogens is 1. The SMILES string of the molecule is Cc1nc(CNCc2csc(Br)c2)c(C)s1. The van der Waals surface area contributed by atoms with Crippen LogP contribution in [0.4, 0.5) is 0 Å². The molecule has 0 aromatic carbocycles. The summed E-state index contributed by atoms with van der Waals surface area (Å²) in [7, 11) is 0. The lowest BCUT2D eigenvalue weighted by Crippen LogP contribution is -2.13. The highest BCUT2D eigenvalue weighted by molar-refractivity contribution is 9.11. The summed E-state index contributed by atoms with van der Waals surface area (Å²) < 4.78 is 1.19. The topological polar surface area (TPSA) is 24.9 Å². The number of nitrogens with one attached hydrogen (secondary N) is 1. The van der Waals surface area contributed by atoms with E-state index < -0.39 is 0 Å². The number of nitrogens with zero attached hydrogens (tertiary/aromatic N) is 1. The fourth-order valence-electron chi connectivity index (χ4n) is 1.50. The first-order chi connectivity index (χ1) is 7.65. The average Bonchev–Trinajstić information content (AvgIpc) is 2.74. The van der Waals surface area contributed by atoms with Crippen LogP contribution in [-0.2, 0) is 13.1 Å². The molecule has 0 aliphatic carbocycles. The Morgan fingerprint density at radius 1 is 1.38 bits per heavy atom. The molecule has 0 aliphatic heterocycles. The minimum atomic E-state index is 0.851. The molecule has 2 aromatic heterocycles. The summed E-state index contributed by atoms with van der Waals surface area (Å²) in [5.74, 6) is 0. The first kappa shape index (κ1) is 12.2. The number of thiazole rings is 1. The molecule has 2 rings (SSSR count). The summed E-state index contributed by atoms with van der Waals surface area (Å²) in [5, 5.41) is 6.72. The van der Waals surface area contributed by atoms with Gasteiger partial charge in [0, 0.05) is 18.0 Å². The first-order valence-corrected chi connectivity index (χ1v) is 7.50. The molecule has 2 heterocycles. The zero-order valence-electron chi connectivity index (χ0n) is 9.21. The molecule has 0 unspecified atom stereocenters. The molecular weight excluding hydrogens is 304 g/mol. The van der Waals surface area contributed by atoms with Gasteiger partial charge in [-0.05, 0) is 46.8 Å². The Balaban J connectivity index is 1.86. The van der Waals surface area contributed by atoms with E-state index >= 15 is 0 Å². The summed E-state index contributed by atoms with van der Waals surface area (Å²) in [6, 6.07) is 2.15. The van der Waals surface area contributed by atoms with Gasteiger partial charge in [-0.2, -0.15) is 0 Å². The van der Waals surface area contributed by atoms with Crippen LogP contribution in [0.3, 0.4) is 0 Å². The molecule has 0 amide bonds. The Bertz CT molecular complexity index is 476. The van der Waals surface area contributed by atoms with E-state index in [9.17, 15) is 0 Å². The fraction of sp³-hybridized carbons (Fsp3) is 0.364. The molecule has 1 N–H and O–H groups in total. The monoisotopic (exact) mass is 316 g/mol. The Kier molecular flexibility index (Phi) is 4.13. The van der Waals surface area contributed by atoms with Gasteiger partial charge in [0.2, 0.25) is 0 Å². The number of thiophene rings is 1. The Hall–Kier alpha value is -0.230.